The summed E-state index contributed by atoms with van der Waals surface area (Å²) in [5.41, 5.74) is 6.07. The SMILES string of the molecule is CC(C)c1nc(CO)n(CCCc2ccccn2)c1Sc1cc(Cl)cc(Cl)c1.NC(=O)O. The van der Waals surface area contributed by atoms with E-state index < -0.39 is 6.09 Å². The van der Waals surface area contributed by atoms with Crippen LogP contribution < -0.4 is 5.73 Å². The summed E-state index contributed by atoms with van der Waals surface area (Å²) in [7, 11) is 0. The summed E-state index contributed by atoms with van der Waals surface area (Å²) in [6.07, 6.45) is 2.25. The van der Waals surface area contributed by atoms with E-state index in [2.05, 4.69) is 29.1 Å². The standard InChI is InChI=1S/C21H23Cl2N3OS.CH3NO2/c1-14(2)20-21(28-18-11-15(22)10-16(23)12-18)26(19(13-27)25-20)9-5-7-17-6-3-4-8-24-17;2-1(3)4/h3-4,6,8,10-12,14,27H,5,7,9,13H2,1-2H3;2H2,(H,3,4). The number of aryl methyl sites for hydroxylation is 1. The van der Waals surface area contributed by atoms with Gasteiger partial charge in [-0.25, -0.2) is 9.78 Å². The van der Waals surface area contributed by atoms with Crippen LogP contribution in [0, 0.1) is 0 Å². The number of aliphatic hydroxyl groups is 1. The number of benzene rings is 1. The molecular formula is C22H26Cl2N4O3S. The first-order valence-corrected chi connectivity index (χ1v) is 11.5. The van der Waals surface area contributed by atoms with Gasteiger partial charge in [-0.1, -0.05) is 54.9 Å². The Labute approximate surface area is 201 Å². The Morgan fingerprint density at radius 3 is 2.41 bits per heavy atom. The van der Waals surface area contributed by atoms with Crippen LogP contribution in [0.2, 0.25) is 10.0 Å². The molecule has 0 aliphatic rings. The van der Waals surface area contributed by atoms with Crippen LogP contribution in [0.4, 0.5) is 4.79 Å². The van der Waals surface area contributed by atoms with Gasteiger partial charge in [0, 0.05) is 33.4 Å². The maximum absolute atomic E-state index is 9.86. The topological polar surface area (TPSA) is 114 Å². The molecular weight excluding hydrogens is 471 g/mol. The van der Waals surface area contributed by atoms with Gasteiger partial charge < -0.3 is 20.5 Å². The largest absolute Gasteiger partial charge is 0.465 e. The molecule has 32 heavy (non-hydrogen) atoms. The summed E-state index contributed by atoms with van der Waals surface area (Å²) in [5, 5.41) is 19.3. The zero-order valence-electron chi connectivity index (χ0n) is 17.8. The number of pyridine rings is 1. The number of rotatable bonds is 8. The third-order valence-electron chi connectivity index (χ3n) is 4.31. The van der Waals surface area contributed by atoms with Crippen LogP contribution in [0.25, 0.3) is 0 Å². The lowest BCUT2D eigenvalue weighted by molar-refractivity contribution is 0.205. The molecule has 0 aliphatic carbocycles. The van der Waals surface area contributed by atoms with Crippen molar-refractivity contribution in [3.05, 3.63) is 69.9 Å². The minimum atomic E-state index is -1.33. The molecule has 2 aromatic heterocycles. The summed E-state index contributed by atoms with van der Waals surface area (Å²) in [4.78, 5) is 18.8. The molecule has 4 N–H and O–H groups in total. The van der Waals surface area contributed by atoms with Crippen molar-refractivity contribution in [1.29, 1.82) is 0 Å². The Morgan fingerprint density at radius 2 is 1.88 bits per heavy atom. The van der Waals surface area contributed by atoms with Gasteiger partial charge in [0.15, 0.2) is 0 Å². The lowest BCUT2D eigenvalue weighted by atomic mass is 10.1. The Hall–Kier alpha value is -2.26. The Balaban J connectivity index is 0.000000837. The smallest absolute Gasteiger partial charge is 0.402 e. The summed E-state index contributed by atoms with van der Waals surface area (Å²) in [6.45, 7) is 4.87. The van der Waals surface area contributed by atoms with Crippen molar-refractivity contribution >= 4 is 41.1 Å². The van der Waals surface area contributed by atoms with Gasteiger partial charge in [0.25, 0.3) is 0 Å². The van der Waals surface area contributed by atoms with Crippen LogP contribution in [0.3, 0.4) is 0 Å². The quantitative estimate of drug-likeness (QED) is 0.373. The predicted molar refractivity (Wildman–Crippen MR) is 128 cm³/mol. The fraction of sp³-hybridized carbons (Fsp3) is 0.318. The highest BCUT2D eigenvalue weighted by Crippen LogP contribution is 2.37. The molecule has 1 aromatic carbocycles. The molecule has 10 heteroatoms. The van der Waals surface area contributed by atoms with E-state index in [0.717, 1.165) is 40.7 Å². The van der Waals surface area contributed by atoms with E-state index in [4.69, 9.17) is 38.1 Å². The first-order chi connectivity index (χ1) is 15.2. The van der Waals surface area contributed by atoms with Crippen molar-refractivity contribution in [2.24, 2.45) is 5.73 Å². The molecule has 3 rings (SSSR count). The molecule has 7 nitrogen and oxygen atoms in total. The highest BCUT2D eigenvalue weighted by molar-refractivity contribution is 7.99. The third kappa shape index (κ3) is 8.02. The van der Waals surface area contributed by atoms with Crippen molar-refractivity contribution < 1.29 is 15.0 Å². The first kappa shape index (κ1) is 26.0. The zero-order valence-corrected chi connectivity index (χ0v) is 20.2. The Bertz CT molecular complexity index is 1010. The van der Waals surface area contributed by atoms with E-state index in [1.54, 1.807) is 17.8 Å². The number of nitrogens with zero attached hydrogens (tertiary/aromatic N) is 3. The van der Waals surface area contributed by atoms with Crippen LogP contribution in [-0.2, 0) is 19.6 Å². The van der Waals surface area contributed by atoms with Crippen molar-refractivity contribution in [2.45, 2.75) is 55.7 Å². The number of carbonyl (C=O) groups is 1. The minimum absolute atomic E-state index is 0.0971. The summed E-state index contributed by atoms with van der Waals surface area (Å²) in [6, 6.07) is 11.5. The van der Waals surface area contributed by atoms with Gasteiger partial charge in [0.05, 0.1) is 5.69 Å². The molecule has 1 amide bonds. The highest BCUT2D eigenvalue weighted by Gasteiger charge is 2.20. The first-order valence-electron chi connectivity index (χ1n) is 9.93. The molecule has 0 saturated carbocycles. The van der Waals surface area contributed by atoms with Crippen LogP contribution in [0.5, 0.6) is 0 Å². The zero-order chi connectivity index (χ0) is 23.7. The number of nitrogens with two attached hydrogens (primary N) is 1. The van der Waals surface area contributed by atoms with E-state index in [1.165, 1.54) is 0 Å². The lowest BCUT2D eigenvalue weighted by Gasteiger charge is -2.13. The normalized spacial score (nSPS) is 10.7. The van der Waals surface area contributed by atoms with Crippen LogP contribution >= 0.6 is 35.0 Å². The minimum Gasteiger partial charge on any atom is -0.465 e. The summed E-state index contributed by atoms with van der Waals surface area (Å²) < 4.78 is 2.11. The molecule has 3 aromatic rings. The van der Waals surface area contributed by atoms with Crippen LogP contribution in [0.1, 0.15) is 43.4 Å². The Morgan fingerprint density at radius 1 is 1.22 bits per heavy atom. The summed E-state index contributed by atoms with van der Waals surface area (Å²) in [5.74, 6) is 0.917. The van der Waals surface area contributed by atoms with Gasteiger partial charge in [0.1, 0.15) is 17.5 Å². The number of aliphatic hydroxyl groups excluding tert-OH is 1. The molecule has 0 aliphatic heterocycles. The van der Waals surface area contributed by atoms with Crippen molar-refractivity contribution in [3.8, 4) is 0 Å². The second kappa shape index (κ2) is 12.7. The van der Waals surface area contributed by atoms with Gasteiger partial charge >= 0.3 is 6.09 Å². The van der Waals surface area contributed by atoms with Crippen molar-refractivity contribution in [3.63, 3.8) is 0 Å². The van der Waals surface area contributed by atoms with Gasteiger partial charge in [-0.3, -0.25) is 4.98 Å². The van der Waals surface area contributed by atoms with Crippen LogP contribution in [-0.4, -0.2) is 30.8 Å². The molecule has 0 fully saturated rings. The number of amides is 1. The van der Waals surface area contributed by atoms with Gasteiger partial charge in [0.2, 0.25) is 0 Å². The van der Waals surface area contributed by atoms with E-state index in [9.17, 15) is 5.11 Å². The van der Waals surface area contributed by atoms with Crippen molar-refractivity contribution in [2.75, 3.05) is 0 Å². The maximum atomic E-state index is 9.86. The molecule has 0 radical (unpaired) electrons. The average molecular weight is 497 g/mol. The fourth-order valence-electron chi connectivity index (χ4n) is 3.00. The van der Waals surface area contributed by atoms with E-state index >= 15 is 0 Å². The second-order valence-electron chi connectivity index (χ2n) is 7.15. The second-order valence-corrected chi connectivity index (χ2v) is 9.09. The van der Waals surface area contributed by atoms with Gasteiger partial charge in [-0.2, -0.15) is 0 Å². The van der Waals surface area contributed by atoms with E-state index in [1.807, 2.05) is 36.5 Å². The number of aromatic nitrogens is 3. The predicted octanol–water partition coefficient (Wildman–Crippen LogP) is 5.61. The van der Waals surface area contributed by atoms with Crippen molar-refractivity contribution in [1.82, 2.24) is 14.5 Å². The molecule has 0 spiro atoms. The molecule has 0 unspecified atom stereocenters. The number of primary amides is 1. The molecule has 172 valence electrons. The third-order valence-corrected chi connectivity index (χ3v) is 5.84. The van der Waals surface area contributed by atoms with E-state index in [-0.39, 0.29) is 12.5 Å². The fourth-order valence-corrected chi connectivity index (χ4v) is 4.94. The van der Waals surface area contributed by atoms with Gasteiger partial charge in [-0.15, -0.1) is 0 Å². The average Bonchev–Trinajstić information content (AvgIpc) is 3.05. The van der Waals surface area contributed by atoms with E-state index in [0.29, 0.717) is 15.9 Å². The number of imidazole rings is 1. The number of carboxylic acid groups (broad SMARTS) is 1. The molecule has 0 bridgehead atoms. The molecule has 0 saturated heterocycles. The maximum Gasteiger partial charge on any atom is 0.402 e. The van der Waals surface area contributed by atoms with Gasteiger partial charge in [-0.05, 0) is 49.1 Å². The monoisotopic (exact) mass is 496 g/mol. The number of hydrogen-bond acceptors (Lipinski definition) is 5. The molecule has 0 atom stereocenters. The summed E-state index contributed by atoms with van der Waals surface area (Å²) >= 11 is 13.9. The number of hydrogen-bond donors (Lipinski definition) is 3. The Kier molecular flexibility index (Phi) is 10.3. The number of halogens is 2. The lowest BCUT2D eigenvalue weighted by Crippen LogP contribution is -2.07. The van der Waals surface area contributed by atoms with Crippen LogP contribution in [0.15, 0.2) is 52.5 Å². The molecule has 2 heterocycles. The highest BCUT2D eigenvalue weighted by atomic mass is 35.5.